The van der Waals surface area contributed by atoms with E-state index in [2.05, 4.69) is 25.4 Å². The Balaban J connectivity index is 1.44. The number of para-hydroxylation sites is 2. The van der Waals surface area contributed by atoms with Gasteiger partial charge < -0.3 is 10.3 Å². The molecule has 24 heavy (non-hydrogen) atoms. The van der Waals surface area contributed by atoms with Gasteiger partial charge in [-0.3, -0.25) is 4.79 Å². The topological polar surface area (TPSA) is 88.0 Å². The molecular weight excluding hydrogens is 304 g/mol. The zero-order valence-corrected chi connectivity index (χ0v) is 13.2. The van der Waals surface area contributed by atoms with Crippen molar-refractivity contribution in [2.45, 2.75) is 13.3 Å². The third-order valence-corrected chi connectivity index (χ3v) is 3.99. The fourth-order valence-corrected chi connectivity index (χ4v) is 2.73. The number of imidazole rings is 1. The number of H-pyrrole nitrogens is 1. The molecule has 7 nitrogen and oxygen atoms in total. The van der Waals surface area contributed by atoms with Crippen molar-refractivity contribution < 1.29 is 4.79 Å². The van der Waals surface area contributed by atoms with E-state index < -0.39 is 0 Å². The van der Waals surface area contributed by atoms with Gasteiger partial charge in [-0.05, 0) is 19.1 Å². The molecule has 0 saturated carbocycles. The van der Waals surface area contributed by atoms with Crippen LogP contribution in [0.15, 0.2) is 42.7 Å². The summed E-state index contributed by atoms with van der Waals surface area (Å²) in [4.78, 5) is 24.4. The number of hydrogen-bond acceptors (Lipinski definition) is 4. The Bertz CT molecular complexity index is 999. The average Bonchev–Trinajstić information content (AvgIpc) is 3.21. The van der Waals surface area contributed by atoms with Crippen LogP contribution in [0.25, 0.3) is 16.7 Å². The van der Waals surface area contributed by atoms with Crippen LogP contribution in [-0.4, -0.2) is 37.0 Å². The molecule has 4 rings (SSSR count). The van der Waals surface area contributed by atoms with Crippen LogP contribution in [0.1, 0.15) is 21.9 Å². The zero-order valence-electron chi connectivity index (χ0n) is 13.2. The number of benzene rings is 1. The maximum absolute atomic E-state index is 12.4. The smallest absolute Gasteiger partial charge is 0.254 e. The molecule has 0 aliphatic rings. The second-order valence-electron chi connectivity index (χ2n) is 5.57. The molecule has 0 unspecified atom stereocenters. The predicted molar refractivity (Wildman–Crippen MR) is 89.9 cm³/mol. The number of nitrogens with zero attached hydrogens (tertiary/aromatic N) is 4. The van der Waals surface area contributed by atoms with Gasteiger partial charge >= 0.3 is 0 Å². The Morgan fingerprint density at radius 2 is 2.17 bits per heavy atom. The first-order valence-electron chi connectivity index (χ1n) is 7.73. The van der Waals surface area contributed by atoms with Crippen molar-refractivity contribution in [1.82, 2.24) is 29.9 Å². The third-order valence-electron chi connectivity index (χ3n) is 3.99. The van der Waals surface area contributed by atoms with E-state index in [1.807, 2.05) is 31.2 Å². The fourth-order valence-electron chi connectivity index (χ4n) is 2.73. The summed E-state index contributed by atoms with van der Waals surface area (Å²) in [6.07, 6.45) is 3.89. The summed E-state index contributed by atoms with van der Waals surface area (Å²) in [5.74, 6) is 0.697. The molecule has 3 aromatic heterocycles. The van der Waals surface area contributed by atoms with Crippen molar-refractivity contribution in [2.75, 3.05) is 6.54 Å². The molecule has 2 N–H and O–H groups in total. The summed E-state index contributed by atoms with van der Waals surface area (Å²) in [5.41, 5.74) is 3.96. The van der Waals surface area contributed by atoms with Crippen molar-refractivity contribution in [3.05, 3.63) is 59.8 Å². The van der Waals surface area contributed by atoms with E-state index >= 15 is 0 Å². The van der Waals surface area contributed by atoms with E-state index in [0.29, 0.717) is 18.5 Å². The molecule has 7 heteroatoms. The van der Waals surface area contributed by atoms with Crippen LogP contribution < -0.4 is 5.32 Å². The minimum atomic E-state index is -0.159. The van der Waals surface area contributed by atoms with Gasteiger partial charge in [-0.2, -0.15) is 5.10 Å². The largest absolute Gasteiger partial charge is 0.351 e. The van der Waals surface area contributed by atoms with Gasteiger partial charge in [0.25, 0.3) is 5.91 Å². The molecule has 0 aliphatic carbocycles. The van der Waals surface area contributed by atoms with Crippen LogP contribution in [0.4, 0.5) is 0 Å². The van der Waals surface area contributed by atoms with Crippen LogP contribution in [0, 0.1) is 6.92 Å². The number of carbonyl (C=O) groups is 1. The Morgan fingerprint density at radius 3 is 3.04 bits per heavy atom. The third kappa shape index (κ3) is 2.50. The van der Waals surface area contributed by atoms with Crippen LogP contribution in [0.3, 0.4) is 0 Å². The highest BCUT2D eigenvalue weighted by molar-refractivity contribution is 5.95. The van der Waals surface area contributed by atoms with Gasteiger partial charge in [0.1, 0.15) is 5.82 Å². The Labute approximate surface area is 137 Å². The monoisotopic (exact) mass is 320 g/mol. The van der Waals surface area contributed by atoms with Crippen molar-refractivity contribution in [3.8, 4) is 0 Å². The lowest BCUT2D eigenvalue weighted by molar-refractivity contribution is 0.0952. The predicted octanol–water partition coefficient (Wildman–Crippen LogP) is 1.89. The summed E-state index contributed by atoms with van der Waals surface area (Å²) in [5, 5.41) is 7.08. The highest BCUT2D eigenvalue weighted by atomic mass is 16.1. The number of hydrogen-bond donors (Lipinski definition) is 2. The quantitative estimate of drug-likeness (QED) is 0.601. The lowest BCUT2D eigenvalue weighted by atomic mass is 10.2. The molecule has 3 heterocycles. The maximum Gasteiger partial charge on any atom is 0.254 e. The molecule has 1 aromatic carbocycles. The van der Waals surface area contributed by atoms with Crippen LogP contribution >= 0.6 is 0 Å². The first-order chi connectivity index (χ1) is 11.7. The van der Waals surface area contributed by atoms with Gasteiger partial charge in [0.15, 0.2) is 5.65 Å². The first kappa shape index (κ1) is 14.4. The van der Waals surface area contributed by atoms with Crippen molar-refractivity contribution >= 4 is 22.6 Å². The lowest BCUT2D eigenvalue weighted by Crippen LogP contribution is -2.27. The second-order valence-corrected chi connectivity index (χ2v) is 5.57. The summed E-state index contributed by atoms with van der Waals surface area (Å²) >= 11 is 0. The van der Waals surface area contributed by atoms with Crippen LogP contribution in [0.2, 0.25) is 0 Å². The van der Waals surface area contributed by atoms with Gasteiger partial charge in [0.2, 0.25) is 0 Å². The minimum absolute atomic E-state index is 0.159. The van der Waals surface area contributed by atoms with Crippen LogP contribution in [-0.2, 0) is 6.42 Å². The fraction of sp³-hybridized carbons (Fsp3) is 0.176. The Hall–Kier alpha value is -3.22. The van der Waals surface area contributed by atoms with E-state index in [-0.39, 0.29) is 5.91 Å². The standard InChI is InChI=1S/C17H16N6O/c1-11-12(10-19-16-7-9-20-23(11)16)17(24)18-8-6-15-21-13-4-2-3-5-14(13)22-15/h2-5,7,9-10H,6,8H2,1H3,(H,18,24)(H,21,22). The van der Waals surface area contributed by atoms with E-state index in [1.54, 1.807) is 23.0 Å². The van der Waals surface area contributed by atoms with Gasteiger partial charge in [-0.15, -0.1) is 0 Å². The molecule has 0 radical (unpaired) electrons. The molecule has 0 spiro atoms. The maximum atomic E-state index is 12.4. The zero-order chi connectivity index (χ0) is 16.5. The molecule has 0 bridgehead atoms. The molecule has 4 aromatic rings. The Kier molecular flexibility index (Phi) is 3.45. The number of aryl methyl sites for hydroxylation is 1. The summed E-state index contributed by atoms with van der Waals surface area (Å²) < 4.78 is 1.66. The number of carbonyl (C=O) groups excluding carboxylic acids is 1. The summed E-state index contributed by atoms with van der Waals surface area (Å²) in [6, 6.07) is 9.67. The minimum Gasteiger partial charge on any atom is -0.351 e. The first-order valence-corrected chi connectivity index (χ1v) is 7.73. The molecule has 0 fully saturated rings. The van der Waals surface area contributed by atoms with E-state index in [9.17, 15) is 4.79 Å². The van der Waals surface area contributed by atoms with E-state index in [1.165, 1.54) is 0 Å². The number of fused-ring (bicyclic) bond motifs is 2. The highest BCUT2D eigenvalue weighted by Gasteiger charge is 2.13. The van der Waals surface area contributed by atoms with Crippen LogP contribution in [0.5, 0.6) is 0 Å². The number of nitrogens with one attached hydrogen (secondary N) is 2. The summed E-state index contributed by atoms with van der Waals surface area (Å²) in [7, 11) is 0. The van der Waals surface area contributed by atoms with Gasteiger partial charge in [0, 0.05) is 25.2 Å². The average molecular weight is 320 g/mol. The van der Waals surface area contributed by atoms with Gasteiger partial charge in [-0.1, -0.05) is 12.1 Å². The van der Waals surface area contributed by atoms with E-state index in [4.69, 9.17) is 0 Å². The Morgan fingerprint density at radius 1 is 1.29 bits per heavy atom. The normalized spacial score (nSPS) is 11.2. The number of aromatic nitrogens is 5. The SMILES string of the molecule is Cc1c(C(=O)NCCc2nc3ccccc3[nH]2)cnc2ccnn12. The van der Waals surface area contributed by atoms with Crippen molar-refractivity contribution in [2.24, 2.45) is 0 Å². The van der Waals surface area contributed by atoms with Crippen molar-refractivity contribution in [1.29, 1.82) is 0 Å². The van der Waals surface area contributed by atoms with Gasteiger partial charge in [0.05, 0.1) is 28.5 Å². The lowest BCUT2D eigenvalue weighted by Gasteiger charge is -2.07. The van der Waals surface area contributed by atoms with Crippen molar-refractivity contribution in [3.63, 3.8) is 0 Å². The van der Waals surface area contributed by atoms with Gasteiger partial charge in [-0.25, -0.2) is 14.5 Å². The molecule has 120 valence electrons. The highest BCUT2D eigenvalue weighted by Crippen LogP contribution is 2.11. The number of rotatable bonds is 4. The van der Waals surface area contributed by atoms with E-state index in [0.717, 1.165) is 28.2 Å². The number of aromatic amines is 1. The summed E-state index contributed by atoms with van der Waals surface area (Å²) in [6.45, 7) is 2.35. The number of amides is 1. The molecule has 0 aliphatic heterocycles. The second kappa shape index (κ2) is 5.77. The molecule has 0 atom stereocenters. The molecule has 1 amide bonds. The molecule has 0 saturated heterocycles. The molecular formula is C17H16N6O.